The second-order valence-electron chi connectivity index (χ2n) is 5.46. The molecule has 1 aliphatic heterocycles. The van der Waals surface area contributed by atoms with Gasteiger partial charge >= 0.3 is 0 Å². The number of thiophene rings is 1. The molecule has 1 fully saturated rings. The van der Waals surface area contributed by atoms with Gasteiger partial charge in [0.1, 0.15) is 5.69 Å². The van der Waals surface area contributed by atoms with Crippen molar-refractivity contribution in [2.75, 3.05) is 20.1 Å². The average molecular weight is 303 g/mol. The first-order valence-corrected chi connectivity index (χ1v) is 8.30. The van der Waals surface area contributed by atoms with Crippen molar-refractivity contribution in [2.24, 2.45) is 0 Å². The highest BCUT2D eigenvalue weighted by Crippen LogP contribution is 2.17. The van der Waals surface area contributed by atoms with E-state index in [2.05, 4.69) is 21.3 Å². The number of nitrogens with one attached hydrogen (secondary N) is 1. The van der Waals surface area contributed by atoms with Gasteiger partial charge in [0.25, 0.3) is 5.91 Å². The quantitative estimate of drug-likeness (QED) is 0.942. The monoisotopic (exact) mass is 303 g/mol. The highest BCUT2D eigenvalue weighted by atomic mass is 32.1. The van der Waals surface area contributed by atoms with Gasteiger partial charge in [-0.3, -0.25) is 4.79 Å². The molecule has 112 valence electrons. The molecular formula is C16H21N3OS. The predicted octanol–water partition coefficient (Wildman–Crippen LogP) is 2.42. The van der Waals surface area contributed by atoms with Crippen LogP contribution in [0, 0.1) is 0 Å². The first kappa shape index (κ1) is 14.4. The van der Waals surface area contributed by atoms with Gasteiger partial charge in [0, 0.05) is 30.2 Å². The molecule has 1 N–H and O–H groups in total. The number of hydrogen-bond acceptors (Lipinski definition) is 3. The van der Waals surface area contributed by atoms with Crippen LogP contribution in [0.15, 0.2) is 35.8 Å². The first-order chi connectivity index (χ1) is 10.3. The lowest BCUT2D eigenvalue weighted by molar-refractivity contribution is 0.0697. The van der Waals surface area contributed by atoms with Crippen LogP contribution in [0.4, 0.5) is 0 Å². The summed E-state index contributed by atoms with van der Waals surface area (Å²) in [5, 5.41) is 5.37. The van der Waals surface area contributed by atoms with E-state index in [4.69, 9.17) is 0 Å². The summed E-state index contributed by atoms with van der Waals surface area (Å²) in [5.74, 6) is 0.158. The van der Waals surface area contributed by atoms with Gasteiger partial charge in [0.15, 0.2) is 0 Å². The van der Waals surface area contributed by atoms with Crippen molar-refractivity contribution < 1.29 is 4.79 Å². The Morgan fingerprint density at radius 1 is 1.33 bits per heavy atom. The van der Waals surface area contributed by atoms with Gasteiger partial charge in [0.05, 0.1) is 6.54 Å². The fourth-order valence-corrected chi connectivity index (χ4v) is 3.55. The molecule has 1 amide bonds. The summed E-state index contributed by atoms with van der Waals surface area (Å²) in [7, 11) is 1.99. The first-order valence-electron chi connectivity index (χ1n) is 7.42. The smallest absolute Gasteiger partial charge is 0.270 e. The number of amides is 1. The summed E-state index contributed by atoms with van der Waals surface area (Å²) < 4.78 is 2.05. The molecule has 2 aromatic heterocycles. The minimum Gasteiger partial charge on any atom is -0.338 e. The molecule has 5 heteroatoms. The van der Waals surface area contributed by atoms with Crippen molar-refractivity contribution in [3.05, 3.63) is 46.4 Å². The molecule has 0 radical (unpaired) electrons. The van der Waals surface area contributed by atoms with Crippen LogP contribution in [0.2, 0.25) is 0 Å². The van der Waals surface area contributed by atoms with E-state index >= 15 is 0 Å². The second-order valence-corrected chi connectivity index (χ2v) is 6.49. The molecule has 2 aromatic rings. The van der Waals surface area contributed by atoms with Crippen LogP contribution in [-0.4, -0.2) is 41.6 Å². The lowest BCUT2D eigenvalue weighted by Gasteiger charge is -2.32. The van der Waals surface area contributed by atoms with E-state index in [1.165, 1.54) is 4.88 Å². The van der Waals surface area contributed by atoms with Gasteiger partial charge < -0.3 is 14.8 Å². The molecule has 0 saturated carbocycles. The summed E-state index contributed by atoms with van der Waals surface area (Å²) in [6, 6.07) is 8.60. The Hall–Kier alpha value is -1.59. The Bertz CT molecular complexity index is 582. The molecule has 0 unspecified atom stereocenters. The number of hydrogen-bond donors (Lipinski definition) is 1. The standard InChI is InChI=1S/C16H21N3OS/c1-17-13-6-9-18(10-7-13)16(20)15-5-2-8-19(15)12-14-4-3-11-21-14/h2-5,8,11,13,17H,6-7,9-10,12H2,1H3. The molecule has 0 bridgehead atoms. The van der Waals surface area contributed by atoms with Crippen LogP contribution in [0.25, 0.3) is 0 Å². The fourth-order valence-electron chi connectivity index (χ4n) is 2.85. The van der Waals surface area contributed by atoms with Crippen LogP contribution < -0.4 is 5.32 Å². The minimum atomic E-state index is 0.158. The molecule has 3 heterocycles. The molecule has 0 aliphatic carbocycles. The molecule has 1 aliphatic rings. The number of piperidine rings is 1. The van der Waals surface area contributed by atoms with Crippen molar-refractivity contribution in [2.45, 2.75) is 25.4 Å². The number of carbonyl (C=O) groups excluding carboxylic acids is 1. The normalized spacial score (nSPS) is 16.3. The third-order valence-electron chi connectivity index (χ3n) is 4.15. The summed E-state index contributed by atoms with van der Waals surface area (Å²) in [5.41, 5.74) is 0.798. The summed E-state index contributed by atoms with van der Waals surface area (Å²) in [4.78, 5) is 15.9. The van der Waals surface area contributed by atoms with Crippen molar-refractivity contribution >= 4 is 17.2 Å². The molecule has 0 aromatic carbocycles. The van der Waals surface area contributed by atoms with E-state index in [0.29, 0.717) is 6.04 Å². The van der Waals surface area contributed by atoms with Crippen molar-refractivity contribution in [3.63, 3.8) is 0 Å². The number of rotatable bonds is 4. The van der Waals surface area contributed by atoms with Crippen LogP contribution in [0.1, 0.15) is 28.2 Å². The van der Waals surface area contributed by atoms with Crippen molar-refractivity contribution in [3.8, 4) is 0 Å². The van der Waals surface area contributed by atoms with Crippen molar-refractivity contribution in [1.29, 1.82) is 0 Å². The van der Waals surface area contributed by atoms with Gasteiger partial charge in [-0.15, -0.1) is 11.3 Å². The van der Waals surface area contributed by atoms with E-state index in [9.17, 15) is 4.79 Å². The zero-order valence-corrected chi connectivity index (χ0v) is 13.1. The largest absolute Gasteiger partial charge is 0.338 e. The minimum absolute atomic E-state index is 0.158. The van der Waals surface area contributed by atoms with E-state index in [1.54, 1.807) is 11.3 Å². The maximum Gasteiger partial charge on any atom is 0.270 e. The lowest BCUT2D eigenvalue weighted by atomic mass is 10.1. The molecule has 3 rings (SSSR count). The Morgan fingerprint density at radius 2 is 2.14 bits per heavy atom. The Kier molecular flexibility index (Phi) is 4.41. The Morgan fingerprint density at radius 3 is 2.81 bits per heavy atom. The van der Waals surface area contributed by atoms with E-state index in [1.807, 2.05) is 36.3 Å². The summed E-state index contributed by atoms with van der Waals surface area (Å²) in [6.45, 7) is 2.46. The number of carbonyl (C=O) groups is 1. The maximum absolute atomic E-state index is 12.7. The summed E-state index contributed by atoms with van der Waals surface area (Å²) >= 11 is 1.73. The van der Waals surface area contributed by atoms with E-state index < -0.39 is 0 Å². The van der Waals surface area contributed by atoms with Gasteiger partial charge in [-0.05, 0) is 43.5 Å². The van der Waals surface area contributed by atoms with Gasteiger partial charge in [-0.25, -0.2) is 0 Å². The van der Waals surface area contributed by atoms with Crippen LogP contribution in [0.3, 0.4) is 0 Å². The molecule has 0 atom stereocenters. The number of aromatic nitrogens is 1. The van der Waals surface area contributed by atoms with E-state index in [0.717, 1.165) is 38.2 Å². The predicted molar refractivity (Wildman–Crippen MR) is 85.8 cm³/mol. The molecular weight excluding hydrogens is 282 g/mol. The molecule has 0 spiro atoms. The Labute approximate surface area is 129 Å². The third kappa shape index (κ3) is 3.19. The maximum atomic E-state index is 12.7. The van der Waals surface area contributed by atoms with Gasteiger partial charge in [0.2, 0.25) is 0 Å². The number of nitrogens with zero attached hydrogens (tertiary/aromatic N) is 2. The Balaban J connectivity index is 1.69. The molecule has 4 nitrogen and oxygen atoms in total. The highest BCUT2D eigenvalue weighted by molar-refractivity contribution is 7.09. The van der Waals surface area contributed by atoms with Crippen LogP contribution in [0.5, 0.6) is 0 Å². The van der Waals surface area contributed by atoms with Crippen LogP contribution in [-0.2, 0) is 6.54 Å². The van der Waals surface area contributed by atoms with Gasteiger partial charge in [-0.2, -0.15) is 0 Å². The fraction of sp³-hybridized carbons (Fsp3) is 0.438. The second kappa shape index (κ2) is 6.45. The number of likely N-dealkylation sites (tertiary alicyclic amines) is 1. The van der Waals surface area contributed by atoms with Gasteiger partial charge in [-0.1, -0.05) is 6.07 Å². The lowest BCUT2D eigenvalue weighted by Crippen LogP contribution is -2.44. The highest BCUT2D eigenvalue weighted by Gasteiger charge is 2.24. The molecule has 21 heavy (non-hydrogen) atoms. The molecule has 1 saturated heterocycles. The topological polar surface area (TPSA) is 37.3 Å². The van der Waals surface area contributed by atoms with Crippen LogP contribution >= 0.6 is 11.3 Å². The SMILES string of the molecule is CNC1CCN(C(=O)c2cccn2Cc2cccs2)CC1. The summed E-state index contributed by atoms with van der Waals surface area (Å²) in [6.07, 6.45) is 4.06. The van der Waals surface area contributed by atoms with E-state index in [-0.39, 0.29) is 5.91 Å². The third-order valence-corrected chi connectivity index (χ3v) is 5.01. The van der Waals surface area contributed by atoms with Crippen molar-refractivity contribution in [1.82, 2.24) is 14.8 Å². The average Bonchev–Trinajstić information content (AvgIpc) is 3.19. The zero-order valence-electron chi connectivity index (χ0n) is 12.3. The zero-order chi connectivity index (χ0) is 14.7.